The first-order valence-electron chi connectivity index (χ1n) is 19.6. The molecule has 2 unspecified atom stereocenters. The van der Waals surface area contributed by atoms with Crippen LogP contribution in [0, 0.1) is 17.8 Å². The van der Waals surface area contributed by atoms with Gasteiger partial charge in [0.05, 0.1) is 16.7 Å². The van der Waals surface area contributed by atoms with Crippen molar-refractivity contribution in [3.63, 3.8) is 0 Å². The highest BCUT2D eigenvalue weighted by molar-refractivity contribution is 8.14. The smallest absolute Gasteiger partial charge is 0.306 e. The van der Waals surface area contributed by atoms with Gasteiger partial charge in [-0.05, 0) is 104 Å². The third kappa shape index (κ3) is 7.19. The van der Waals surface area contributed by atoms with Crippen LogP contribution >= 0.6 is 23.5 Å². The summed E-state index contributed by atoms with van der Waals surface area (Å²) in [6, 6.07) is 11.8. The number of carbonyl (C=O) groups excluding carboxylic acids is 3. The van der Waals surface area contributed by atoms with E-state index in [1.165, 1.54) is 42.7 Å². The number of aliphatic carboxylic acids is 1. The van der Waals surface area contributed by atoms with Crippen molar-refractivity contribution in [2.75, 3.05) is 17.2 Å². The van der Waals surface area contributed by atoms with Crippen LogP contribution in [0.15, 0.2) is 58.8 Å². The molecule has 0 saturated heterocycles. The summed E-state index contributed by atoms with van der Waals surface area (Å²) < 4.78 is 0. The number of hydrogen-bond acceptors (Lipinski definition) is 12. The number of nitrogens with zero attached hydrogens (tertiary/aromatic N) is 4. The highest BCUT2D eigenvalue weighted by Crippen LogP contribution is 2.40. The fraction of sp³-hybridized carbons (Fsp3) is 0.333. The van der Waals surface area contributed by atoms with Gasteiger partial charge in [0, 0.05) is 57.9 Å². The average molecular weight is 814 g/mol. The van der Waals surface area contributed by atoms with E-state index in [1.807, 2.05) is 36.4 Å². The molecule has 16 heteroatoms. The summed E-state index contributed by atoms with van der Waals surface area (Å²) in [6.45, 7) is 0.810. The van der Waals surface area contributed by atoms with Gasteiger partial charge < -0.3 is 31.0 Å². The fourth-order valence-electron chi connectivity index (χ4n) is 8.47. The van der Waals surface area contributed by atoms with E-state index in [2.05, 4.69) is 45.9 Å². The molecule has 6 heterocycles. The average Bonchev–Trinajstić information content (AvgIpc) is 3.48. The molecule has 14 nitrogen and oxygen atoms in total. The Hall–Kier alpha value is -5.74. The Balaban J connectivity index is 0.000000142. The highest BCUT2D eigenvalue weighted by atomic mass is 32.2. The minimum atomic E-state index is -0.762. The number of aromatic nitrogens is 6. The Kier molecular flexibility index (Phi) is 9.39. The molecule has 2 atom stereocenters. The monoisotopic (exact) mass is 813 g/mol. The third-order valence-electron chi connectivity index (χ3n) is 11.7. The Morgan fingerprint density at radius 2 is 1.22 bits per heavy atom. The summed E-state index contributed by atoms with van der Waals surface area (Å²) >= 11 is 2.56. The van der Waals surface area contributed by atoms with Crippen molar-refractivity contribution >= 4 is 90.7 Å². The molecule has 1 saturated carbocycles. The molecule has 3 aliphatic carbocycles. The van der Waals surface area contributed by atoms with Crippen LogP contribution in [0.2, 0.25) is 0 Å². The number of H-pyrrole nitrogens is 2. The van der Waals surface area contributed by atoms with E-state index in [4.69, 9.17) is 0 Å². The van der Waals surface area contributed by atoms with Crippen molar-refractivity contribution in [3.05, 3.63) is 82.7 Å². The predicted molar refractivity (Wildman–Crippen MR) is 221 cm³/mol. The van der Waals surface area contributed by atoms with Crippen molar-refractivity contribution < 1.29 is 24.3 Å². The molecule has 0 radical (unpaired) electrons. The Labute approximate surface area is 340 Å². The third-order valence-corrected chi connectivity index (χ3v) is 13.7. The lowest BCUT2D eigenvalue weighted by Gasteiger charge is -2.22. The number of hydrogen-bond donors (Lipinski definition) is 6. The second-order valence-electron chi connectivity index (χ2n) is 15.7. The maximum atomic E-state index is 12.7. The van der Waals surface area contributed by atoms with Crippen molar-refractivity contribution in [2.24, 2.45) is 17.8 Å². The zero-order valence-electron chi connectivity index (χ0n) is 31.3. The van der Waals surface area contributed by atoms with Gasteiger partial charge in [0.15, 0.2) is 10.2 Å². The minimum Gasteiger partial charge on any atom is -0.481 e. The van der Waals surface area contributed by atoms with Crippen LogP contribution in [-0.4, -0.2) is 63.7 Å². The van der Waals surface area contributed by atoms with Crippen molar-refractivity contribution in [1.29, 1.82) is 0 Å². The molecule has 294 valence electrons. The summed E-state index contributed by atoms with van der Waals surface area (Å²) in [5.41, 5.74) is 9.70. The molecular weight excluding hydrogens is 775 g/mol. The lowest BCUT2D eigenvalue weighted by atomic mass is 9.86. The van der Waals surface area contributed by atoms with Gasteiger partial charge in [-0.25, -0.2) is 19.9 Å². The number of benzene rings is 2. The fourth-order valence-corrected chi connectivity index (χ4v) is 10.3. The Morgan fingerprint density at radius 1 is 0.707 bits per heavy atom. The largest absolute Gasteiger partial charge is 0.481 e. The number of carboxylic acid groups (broad SMARTS) is 1. The normalized spacial score (nSPS) is 19.2. The van der Waals surface area contributed by atoms with E-state index < -0.39 is 5.97 Å². The molecule has 2 aromatic carbocycles. The Morgan fingerprint density at radius 3 is 1.74 bits per heavy atom. The van der Waals surface area contributed by atoms with Crippen LogP contribution < -0.4 is 16.0 Å². The van der Waals surface area contributed by atoms with Crippen molar-refractivity contribution in [2.45, 2.75) is 74.0 Å². The van der Waals surface area contributed by atoms with E-state index in [-0.39, 0.29) is 28.0 Å². The summed E-state index contributed by atoms with van der Waals surface area (Å²) in [7, 11) is 0. The molecule has 58 heavy (non-hydrogen) atoms. The lowest BCUT2D eigenvalue weighted by Crippen LogP contribution is -2.35. The second-order valence-corrected chi connectivity index (χ2v) is 17.9. The van der Waals surface area contributed by atoms with Crippen LogP contribution in [0.1, 0.15) is 59.3 Å². The summed E-state index contributed by atoms with van der Waals surface area (Å²) in [6.07, 6.45) is 10.7. The van der Waals surface area contributed by atoms with Crippen molar-refractivity contribution in [3.8, 4) is 0 Å². The van der Waals surface area contributed by atoms with Crippen LogP contribution in [0.4, 0.5) is 23.0 Å². The number of nitrogens with one attached hydrogen (secondary N) is 5. The first-order chi connectivity index (χ1) is 28.2. The van der Waals surface area contributed by atoms with E-state index in [9.17, 15) is 24.3 Å². The van der Waals surface area contributed by atoms with Gasteiger partial charge in [-0.15, -0.1) is 0 Å². The lowest BCUT2D eigenvalue weighted by molar-refractivity contribution is -0.142. The maximum Gasteiger partial charge on any atom is 0.306 e. The van der Waals surface area contributed by atoms with Gasteiger partial charge in [-0.3, -0.25) is 19.2 Å². The van der Waals surface area contributed by atoms with Gasteiger partial charge in [0.25, 0.3) is 0 Å². The molecule has 4 aromatic heterocycles. The van der Waals surface area contributed by atoms with Gasteiger partial charge in [-0.2, -0.15) is 0 Å². The molecule has 0 bridgehead atoms. The number of rotatable bonds is 8. The number of carbonyl (C=O) groups is 4. The van der Waals surface area contributed by atoms with E-state index in [0.717, 1.165) is 96.4 Å². The van der Waals surface area contributed by atoms with Gasteiger partial charge in [0.2, 0.25) is 5.91 Å². The quantitative estimate of drug-likeness (QED) is 0.0962. The zero-order chi connectivity index (χ0) is 39.5. The molecule has 1 amide bonds. The molecule has 11 rings (SSSR count). The van der Waals surface area contributed by atoms with Gasteiger partial charge >= 0.3 is 5.97 Å². The van der Waals surface area contributed by atoms with Crippen LogP contribution in [0.3, 0.4) is 0 Å². The number of carboxylic acids is 1. The van der Waals surface area contributed by atoms with E-state index in [0.29, 0.717) is 55.9 Å². The topological polar surface area (TPSA) is 208 Å². The SMILES string of the molecule is O=C1Cc2ccc(Nc3ncnc4[nH]c5c(c34)CC(C(=O)NCC3CC3)CC5)cc2S1.O=C1Cc2ccc(Nc3ncnc4[nH]c5c(c34)CC(C(=O)O)CC5)cc2S1. The number of aromatic amines is 2. The Bertz CT molecular complexity index is 2690. The van der Waals surface area contributed by atoms with Gasteiger partial charge in [0.1, 0.15) is 35.6 Å². The molecular formula is C42H39N9O5S2. The minimum absolute atomic E-state index is 0.0132. The summed E-state index contributed by atoms with van der Waals surface area (Å²) in [5, 5.41) is 21.4. The van der Waals surface area contributed by atoms with Gasteiger partial charge in [-0.1, -0.05) is 35.7 Å². The number of amides is 1. The second kappa shape index (κ2) is 14.9. The summed E-state index contributed by atoms with van der Waals surface area (Å²) in [5.74, 6) is 1.07. The molecule has 6 aromatic rings. The molecule has 0 spiro atoms. The number of thioether (sulfide) groups is 2. The predicted octanol–water partition coefficient (Wildman–Crippen LogP) is 6.57. The molecule has 6 N–H and O–H groups in total. The number of aryl methyl sites for hydroxylation is 2. The van der Waals surface area contributed by atoms with E-state index >= 15 is 0 Å². The van der Waals surface area contributed by atoms with Crippen LogP contribution in [-0.2, 0) is 57.7 Å². The van der Waals surface area contributed by atoms with Crippen LogP contribution in [0.5, 0.6) is 0 Å². The molecule has 2 aliphatic heterocycles. The first kappa shape index (κ1) is 36.6. The van der Waals surface area contributed by atoms with Crippen LogP contribution in [0.25, 0.3) is 22.1 Å². The standard InChI is InChI=1S/C23H23N5O2S.C19H16N4O3S/c29-19-8-13-3-5-15(9-18(13)31-19)27-21-20-16-7-14(23(30)24-10-12-1-2-12)4-6-17(16)28-22(20)26-11-25-21;24-15-6-9-1-3-11(7-14(9)27-15)22-17-16-12-5-10(19(25)26)2-4-13(12)23-18(16)21-8-20-17/h3,5,9,11-12,14H,1-2,4,6-8,10H2,(H,24,30)(H2,25,26,27,28);1,3,7-8,10H,2,4-6H2,(H,25,26)(H2,20,21,22,23). The maximum absolute atomic E-state index is 12.7. The van der Waals surface area contributed by atoms with Crippen molar-refractivity contribution in [1.82, 2.24) is 35.2 Å². The summed E-state index contributed by atoms with van der Waals surface area (Å²) in [4.78, 5) is 73.9. The molecule has 1 fully saturated rings. The molecule has 5 aliphatic rings. The highest BCUT2D eigenvalue weighted by Gasteiger charge is 2.32. The zero-order valence-corrected chi connectivity index (χ0v) is 32.9. The number of anilines is 4. The first-order valence-corrected chi connectivity index (χ1v) is 21.3. The van der Waals surface area contributed by atoms with E-state index in [1.54, 1.807) is 6.33 Å². The number of fused-ring (bicyclic) bond motifs is 8.